The molecule has 0 amide bonds. The van der Waals surface area contributed by atoms with Crippen molar-refractivity contribution in [1.29, 1.82) is 0 Å². The molecule has 2 unspecified atom stereocenters. The number of ether oxygens (including phenoxy) is 4. The first-order valence-corrected chi connectivity index (χ1v) is 30.1. The Hall–Kier alpha value is -3.27. The van der Waals surface area contributed by atoms with Crippen molar-refractivity contribution in [3.8, 4) is 0 Å². The molecule has 2 atom stereocenters. The van der Waals surface area contributed by atoms with E-state index in [-0.39, 0.29) is 32.2 Å². The van der Waals surface area contributed by atoms with Crippen molar-refractivity contribution in [2.24, 2.45) is 0 Å². The van der Waals surface area contributed by atoms with Gasteiger partial charge in [-0.3, -0.25) is 9.59 Å². The SMILES string of the molecule is CC/C=C\C/C=C\C/C=C\C/C=C\C/C=C\C/C=C\CCCCCCCCCCCCCCCCCCCCCCCCC(=O)OC(COC(=O)CCCCCCCCC)COC(OCC[N+](C)(C)C)C(=O)O. The summed E-state index contributed by atoms with van der Waals surface area (Å²) in [5.74, 6) is -2.00. The highest BCUT2D eigenvalue weighted by Crippen LogP contribution is 2.17. The summed E-state index contributed by atoms with van der Waals surface area (Å²) in [7, 11) is 5.96. The van der Waals surface area contributed by atoms with E-state index in [4.69, 9.17) is 18.9 Å². The lowest BCUT2D eigenvalue weighted by Crippen LogP contribution is -2.40. The molecule has 0 aromatic rings. The number of carboxylic acids is 1. The second kappa shape index (κ2) is 55.0. The van der Waals surface area contributed by atoms with Crippen molar-refractivity contribution in [2.75, 3.05) is 47.5 Å². The Balaban J connectivity index is 3.84. The van der Waals surface area contributed by atoms with Gasteiger partial charge in [-0.15, -0.1) is 0 Å². The van der Waals surface area contributed by atoms with Gasteiger partial charge in [0.1, 0.15) is 13.2 Å². The fourth-order valence-electron chi connectivity index (χ4n) is 8.37. The fourth-order valence-corrected chi connectivity index (χ4v) is 8.37. The molecule has 0 aromatic heterocycles. The predicted molar refractivity (Wildman–Crippen MR) is 309 cm³/mol. The number of allylic oxidation sites excluding steroid dienone is 12. The maximum absolute atomic E-state index is 12.8. The van der Waals surface area contributed by atoms with E-state index in [9.17, 15) is 19.5 Å². The van der Waals surface area contributed by atoms with Gasteiger partial charge in [0, 0.05) is 12.8 Å². The topological polar surface area (TPSA) is 108 Å². The number of unbranched alkanes of at least 4 members (excludes halogenated alkanes) is 28. The normalized spacial score (nSPS) is 13.3. The van der Waals surface area contributed by atoms with Crippen LogP contribution in [0.25, 0.3) is 0 Å². The summed E-state index contributed by atoms with van der Waals surface area (Å²) in [6.45, 7) is 4.72. The number of carbonyl (C=O) groups is 3. The van der Waals surface area contributed by atoms with Crippen LogP contribution in [0.15, 0.2) is 72.9 Å². The minimum absolute atomic E-state index is 0.179. The summed E-state index contributed by atoms with van der Waals surface area (Å²) in [4.78, 5) is 37.1. The standard InChI is InChI=1S/C64H113NO8/c1-6-8-10-12-14-15-16-17-18-19-20-21-22-23-24-25-26-27-28-29-30-31-32-33-34-35-36-37-38-39-40-41-42-43-44-45-46-47-49-51-53-55-62(67)73-60(58-71-61(66)54-52-50-48-13-11-9-7-2)59-72-64(63(68)69)70-57-56-65(3,4)5/h8,10,14-15,17-18,20-21,23-24,26-27,60,64H,6-7,9,11-13,16,19,22,25,28-59H2,1-5H3/p+1/b10-8-,15-14-,18-17-,21-20-,24-23-,27-26-. The molecule has 0 aliphatic carbocycles. The van der Waals surface area contributed by atoms with Crippen LogP contribution in [0.5, 0.6) is 0 Å². The van der Waals surface area contributed by atoms with Crippen LogP contribution >= 0.6 is 0 Å². The van der Waals surface area contributed by atoms with Crippen LogP contribution in [-0.2, 0) is 33.3 Å². The Labute approximate surface area is 449 Å². The third-order valence-electron chi connectivity index (χ3n) is 13.0. The van der Waals surface area contributed by atoms with Crippen molar-refractivity contribution in [1.82, 2.24) is 0 Å². The highest BCUT2D eigenvalue weighted by molar-refractivity contribution is 5.71. The Bertz CT molecular complexity index is 1420. The second-order valence-electron chi connectivity index (χ2n) is 21.3. The summed E-state index contributed by atoms with van der Waals surface area (Å²) >= 11 is 0. The van der Waals surface area contributed by atoms with Gasteiger partial charge >= 0.3 is 17.9 Å². The number of carboxylic acid groups (broad SMARTS) is 1. The van der Waals surface area contributed by atoms with Gasteiger partial charge < -0.3 is 28.5 Å². The van der Waals surface area contributed by atoms with E-state index in [1.54, 1.807) is 0 Å². The lowest BCUT2D eigenvalue weighted by atomic mass is 10.0. The van der Waals surface area contributed by atoms with Crippen molar-refractivity contribution >= 4 is 17.9 Å². The third-order valence-corrected chi connectivity index (χ3v) is 13.0. The number of hydrogen-bond donors (Lipinski definition) is 1. The molecule has 1 N–H and O–H groups in total. The number of aliphatic carboxylic acids is 1. The Morgan fingerprint density at radius 1 is 0.425 bits per heavy atom. The molecule has 0 radical (unpaired) electrons. The summed E-state index contributed by atoms with van der Waals surface area (Å²) in [6, 6.07) is 0. The van der Waals surface area contributed by atoms with Gasteiger partial charge in [0.15, 0.2) is 6.10 Å². The van der Waals surface area contributed by atoms with Gasteiger partial charge in [0.05, 0.1) is 34.4 Å². The number of quaternary nitrogens is 1. The van der Waals surface area contributed by atoms with Crippen LogP contribution in [0.2, 0.25) is 0 Å². The van der Waals surface area contributed by atoms with Crippen LogP contribution in [0.3, 0.4) is 0 Å². The Kier molecular flexibility index (Phi) is 52.5. The molecular formula is C64H114NO8+. The number of esters is 2. The van der Waals surface area contributed by atoms with Crippen LogP contribution < -0.4 is 0 Å². The average Bonchev–Trinajstić information content (AvgIpc) is 3.36. The zero-order chi connectivity index (χ0) is 53.4. The van der Waals surface area contributed by atoms with Crippen molar-refractivity contribution in [3.05, 3.63) is 72.9 Å². The van der Waals surface area contributed by atoms with Crippen LogP contribution in [-0.4, -0.2) is 87.4 Å². The summed E-state index contributed by atoms with van der Waals surface area (Å²) < 4.78 is 22.7. The van der Waals surface area contributed by atoms with E-state index < -0.39 is 24.3 Å². The lowest BCUT2D eigenvalue weighted by Gasteiger charge is -2.25. The zero-order valence-corrected chi connectivity index (χ0v) is 48.0. The molecule has 9 heteroatoms. The van der Waals surface area contributed by atoms with Gasteiger partial charge in [-0.2, -0.15) is 0 Å². The first kappa shape index (κ1) is 69.7. The number of carbonyl (C=O) groups excluding carboxylic acids is 2. The fraction of sp³-hybridized carbons (Fsp3) is 0.766. The first-order valence-electron chi connectivity index (χ1n) is 30.1. The van der Waals surface area contributed by atoms with Crippen molar-refractivity contribution < 1.29 is 42.9 Å². The highest BCUT2D eigenvalue weighted by atomic mass is 16.7. The number of hydrogen-bond acceptors (Lipinski definition) is 7. The first-order chi connectivity index (χ1) is 35.6. The largest absolute Gasteiger partial charge is 0.477 e. The quantitative estimate of drug-likeness (QED) is 0.0211. The maximum Gasteiger partial charge on any atom is 0.361 e. The molecule has 0 saturated carbocycles. The third kappa shape index (κ3) is 56.3. The van der Waals surface area contributed by atoms with Gasteiger partial charge in [0.25, 0.3) is 6.29 Å². The molecule has 0 spiro atoms. The summed E-state index contributed by atoms with van der Waals surface area (Å²) in [6.07, 6.45) is 69.0. The number of rotatable bonds is 55. The summed E-state index contributed by atoms with van der Waals surface area (Å²) in [5, 5.41) is 9.64. The molecule has 0 fully saturated rings. The van der Waals surface area contributed by atoms with E-state index >= 15 is 0 Å². The van der Waals surface area contributed by atoms with Crippen LogP contribution in [0.1, 0.15) is 258 Å². The average molecular weight is 1030 g/mol. The lowest BCUT2D eigenvalue weighted by molar-refractivity contribution is -0.870. The molecule has 0 aromatic carbocycles. The van der Waals surface area contributed by atoms with E-state index in [1.807, 2.05) is 21.1 Å². The molecule has 0 aliphatic heterocycles. The Morgan fingerprint density at radius 2 is 0.781 bits per heavy atom. The molecule has 0 aliphatic rings. The molecule has 0 saturated heterocycles. The minimum Gasteiger partial charge on any atom is -0.477 e. The van der Waals surface area contributed by atoms with Gasteiger partial charge in [-0.1, -0.05) is 254 Å². The van der Waals surface area contributed by atoms with E-state index in [0.717, 1.165) is 77.0 Å². The Morgan fingerprint density at radius 3 is 1.16 bits per heavy atom. The zero-order valence-electron chi connectivity index (χ0n) is 48.0. The minimum atomic E-state index is -1.51. The molecule has 73 heavy (non-hydrogen) atoms. The second-order valence-corrected chi connectivity index (χ2v) is 21.3. The maximum atomic E-state index is 12.8. The van der Waals surface area contributed by atoms with Crippen molar-refractivity contribution in [3.63, 3.8) is 0 Å². The molecular weight excluding hydrogens is 911 g/mol. The van der Waals surface area contributed by atoms with Gasteiger partial charge in [-0.25, -0.2) is 4.79 Å². The molecule has 0 heterocycles. The number of likely N-dealkylation sites (N-methyl/N-ethyl adjacent to an activating group) is 1. The summed E-state index contributed by atoms with van der Waals surface area (Å²) in [5.41, 5.74) is 0. The molecule has 0 rings (SSSR count). The molecule has 0 bridgehead atoms. The van der Waals surface area contributed by atoms with E-state index in [1.165, 1.54) is 154 Å². The van der Waals surface area contributed by atoms with Crippen molar-refractivity contribution in [2.45, 2.75) is 270 Å². The van der Waals surface area contributed by atoms with Gasteiger partial charge in [-0.05, 0) is 64.2 Å². The van der Waals surface area contributed by atoms with Crippen LogP contribution in [0.4, 0.5) is 0 Å². The monoisotopic (exact) mass is 1020 g/mol. The van der Waals surface area contributed by atoms with E-state index in [0.29, 0.717) is 17.4 Å². The highest BCUT2D eigenvalue weighted by Gasteiger charge is 2.25. The number of nitrogens with zero attached hydrogens (tertiary/aromatic N) is 1. The molecule has 422 valence electrons. The van der Waals surface area contributed by atoms with Gasteiger partial charge in [0.2, 0.25) is 0 Å². The van der Waals surface area contributed by atoms with Crippen LogP contribution in [0, 0.1) is 0 Å². The molecule has 9 nitrogen and oxygen atoms in total. The smallest absolute Gasteiger partial charge is 0.361 e. The predicted octanol–water partition coefficient (Wildman–Crippen LogP) is 17.8. The van der Waals surface area contributed by atoms with E-state index in [2.05, 4.69) is 86.8 Å².